The Bertz CT molecular complexity index is 807. The van der Waals surface area contributed by atoms with Gasteiger partial charge in [-0.25, -0.2) is 0 Å². The van der Waals surface area contributed by atoms with Gasteiger partial charge in [0.2, 0.25) is 0 Å². The van der Waals surface area contributed by atoms with E-state index in [-0.39, 0.29) is 5.91 Å². The van der Waals surface area contributed by atoms with Gasteiger partial charge in [0.05, 0.1) is 0 Å². The SMILES string of the molecule is O=C(Nc1ccc(-c2n[nH]c(=S)s2)cc1)c1ccccc1. The van der Waals surface area contributed by atoms with Gasteiger partial charge >= 0.3 is 0 Å². The molecule has 0 aliphatic rings. The quantitative estimate of drug-likeness (QED) is 0.715. The summed E-state index contributed by atoms with van der Waals surface area (Å²) in [7, 11) is 0. The number of amides is 1. The first-order valence-electron chi connectivity index (χ1n) is 6.25. The predicted molar refractivity (Wildman–Crippen MR) is 87.1 cm³/mol. The highest BCUT2D eigenvalue weighted by Crippen LogP contribution is 2.23. The van der Waals surface area contributed by atoms with Crippen LogP contribution in [0.5, 0.6) is 0 Å². The van der Waals surface area contributed by atoms with Crippen molar-refractivity contribution in [3.63, 3.8) is 0 Å². The lowest BCUT2D eigenvalue weighted by atomic mass is 10.2. The molecule has 0 aliphatic heterocycles. The van der Waals surface area contributed by atoms with Crippen LogP contribution in [-0.4, -0.2) is 16.1 Å². The monoisotopic (exact) mass is 313 g/mol. The molecular formula is C15H11N3OS2. The van der Waals surface area contributed by atoms with E-state index in [2.05, 4.69) is 15.5 Å². The van der Waals surface area contributed by atoms with Crippen molar-refractivity contribution in [3.8, 4) is 10.6 Å². The van der Waals surface area contributed by atoms with Gasteiger partial charge in [0.15, 0.2) is 3.95 Å². The molecule has 3 rings (SSSR count). The van der Waals surface area contributed by atoms with Crippen molar-refractivity contribution >= 4 is 35.1 Å². The lowest BCUT2D eigenvalue weighted by Gasteiger charge is -2.05. The van der Waals surface area contributed by atoms with Gasteiger partial charge in [0, 0.05) is 16.8 Å². The van der Waals surface area contributed by atoms with E-state index < -0.39 is 0 Å². The van der Waals surface area contributed by atoms with Crippen LogP contribution in [0.25, 0.3) is 10.6 Å². The fourth-order valence-corrected chi connectivity index (χ4v) is 2.74. The second-order valence-corrected chi connectivity index (χ2v) is 5.98. The fraction of sp³-hybridized carbons (Fsp3) is 0. The van der Waals surface area contributed by atoms with Gasteiger partial charge in [-0.1, -0.05) is 29.5 Å². The van der Waals surface area contributed by atoms with Gasteiger partial charge in [-0.3, -0.25) is 9.89 Å². The van der Waals surface area contributed by atoms with Crippen molar-refractivity contribution in [2.45, 2.75) is 0 Å². The Labute approximate surface area is 130 Å². The van der Waals surface area contributed by atoms with Crippen LogP contribution < -0.4 is 5.32 Å². The van der Waals surface area contributed by atoms with Crippen molar-refractivity contribution in [2.24, 2.45) is 0 Å². The fourth-order valence-electron chi connectivity index (χ4n) is 1.84. The number of rotatable bonds is 3. The van der Waals surface area contributed by atoms with Crippen molar-refractivity contribution < 1.29 is 4.79 Å². The molecular weight excluding hydrogens is 302 g/mol. The summed E-state index contributed by atoms with van der Waals surface area (Å²) in [4.78, 5) is 12.0. The van der Waals surface area contributed by atoms with Crippen molar-refractivity contribution in [1.82, 2.24) is 10.2 Å². The number of hydrogen-bond acceptors (Lipinski definition) is 4. The normalized spacial score (nSPS) is 10.3. The van der Waals surface area contributed by atoms with Crippen LogP contribution in [0.4, 0.5) is 5.69 Å². The van der Waals surface area contributed by atoms with Gasteiger partial charge < -0.3 is 5.32 Å². The zero-order chi connectivity index (χ0) is 14.7. The summed E-state index contributed by atoms with van der Waals surface area (Å²) in [6.07, 6.45) is 0. The largest absolute Gasteiger partial charge is 0.322 e. The number of carbonyl (C=O) groups excluding carboxylic acids is 1. The third-order valence-electron chi connectivity index (χ3n) is 2.86. The number of aromatic amines is 1. The van der Waals surface area contributed by atoms with Crippen LogP contribution in [-0.2, 0) is 0 Å². The average Bonchev–Trinajstić information content (AvgIpc) is 2.95. The van der Waals surface area contributed by atoms with Crippen LogP contribution in [0.1, 0.15) is 10.4 Å². The first kappa shape index (κ1) is 13.7. The number of nitrogens with one attached hydrogen (secondary N) is 2. The lowest BCUT2D eigenvalue weighted by molar-refractivity contribution is 0.102. The summed E-state index contributed by atoms with van der Waals surface area (Å²) < 4.78 is 0.645. The average molecular weight is 313 g/mol. The van der Waals surface area contributed by atoms with E-state index in [0.717, 1.165) is 16.3 Å². The molecule has 4 nitrogen and oxygen atoms in total. The highest BCUT2D eigenvalue weighted by atomic mass is 32.1. The maximum atomic E-state index is 12.0. The molecule has 1 aromatic heterocycles. The Morgan fingerprint density at radius 1 is 1.10 bits per heavy atom. The highest BCUT2D eigenvalue weighted by molar-refractivity contribution is 7.73. The minimum Gasteiger partial charge on any atom is -0.322 e. The van der Waals surface area contributed by atoms with E-state index in [1.165, 1.54) is 11.3 Å². The predicted octanol–water partition coefficient (Wildman–Crippen LogP) is 4.12. The van der Waals surface area contributed by atoms with Crippen LogP contribution in [0.15, 0.2) is 54.6 Å². The van der Waals surface area contributed by atoms with Crippen molar-refractivity contribution in [2.75, 3.05) is 5.32 Å². The Hall–Kier alpha value is -2.31. The van der Waals surface area contributed by atoms with Gasteiger partial charge in [-0.05, 0) is 48.6 Å². The smallest absolute Gasteiger partial charge is 0.255 e. The molecule has 0 saturated heterocycles. The van der Waals surface area contributed by atoms with Gasteiger partial charge in [-0.2, -0.15) is 5.10 Å². The van der Waals surface area contributed by atoms with Crippen molar-refractivity contribution in [3.05, 3.63) is 64.1 Å². The zero-order valence-electron chi connectivity index (χ0n) is 10.9. The van der Waals surface area contributed by atoms with Gasteiger partial charge in [0.25, 0.3) is 5.91 Å². The molecule has 0 aliphatic carbocycles. The first-order valence-corrected chi connectivity index (χ1v) is 7.47. The van der Waals surface area contributed by atoms with Crippen LogP contribution >= 0.6 is 23.6 Å². The third kappa shape index (κ3) is 3.24. The Morgan fingerprint density at radius 3 is 2.43 bits per heavy atom. The minimum atomic E-state index is -0.126. The zero-order valence-corrected chi connectivity index (χ0v) is 12.5. The first-order chi connectivity index (χ1) is 10.2. The molecule has 3 aromatic rings. The van der Waals surface area contributed by atoms with E-state index in [0.29, 0.717) is 9.52 Å². The summed E-state index contributed by atoms with van der Waals surface area (Å²) in [5.74, 6) is -0.126. The number of benzene rings is 2. The van der Waals surface area contributed by atoms with Crippen LogP contribution in [0.3, 0.4) is 0 Å². The molecule has 2 N–H and O–H groups in total. The second-order valence-electron chi connectivity index (χ2n) is 4.32. The Balaban J connectivity index is 1.76. The molecule has 104 valence electrons. The molecule has 6 heteroatoms. The van der Waals surface area contributed by atoms with Gasteiger partial charge in [-0.15, -0.1) is 0 Å². The molecule has 21 heavy (non-hydrogen) atoms. The van der Waals surface area contributed by atoms with Gasteiger partial charge in [0.1, 0.15) is 5.01 Å². The Morgan fingerprint density at radius 2 is 1.81 bits per heavy atom. The second kappa shape index (κ2) is 5.99. The maximum absolute atomic E-state index is 12.0. The highest BCUT2D eigenvalue weighted by Gasteiger charge is 2.06. The van der Waals surface area contributed by atoms with E-state index in [9.17, 15) is 4.79 Å². The molecule has 0 fully saturated rings. The summed E-state index contributed by atoms with van der Waals surface area (Å²) in [6, 6.07) is 16.6. The number of nitrogens with zero attached hydrogens (tertiary/aromatic N) is 1. The van der Waals surface area contributed by atoms with E-state index in [1.807, 2.05) is 42.5 Å². The number of anilines is 1. The number of hydrogen-bond donors (Lipinski definition) is 2. The van der Waals surface area contributed by atoms with E-state index >= 15 is 0 Å². The summed E-state index contributed by atoms with van der Waals surface area (Å²) >= 11 is 6.43. The van der Waals surface area contributed by atoms with Crippen molar-refractivity contribution in [1.29, 1.82) is 0 Å². The molecule has 0 atom stereocenters. The summed E-state index contributed by atoms with van der Waals surface area (Å²) in [5, 5.41) is 10.6. The molecule has 0 spiro atoms. The van der Waals surface area contributed by atoms with E-state index in [1.54, 1.807) is 12.1 Å². The van der Waals surface area contributed by atoms with Crippen LogP contribution in [0, 0.1) is 3.95 Å². The molecule has 0 radical (unpaired) electrons. The van der Waals surface area contributed by atoms with E-state index in [4.69, 9.17) is 12.2 Å². The molecule has 2 aromatic carbocycles. The van der Waals surface area contributed by atoms with Crippen LogP contribution in [0.2, 0.25) is 0 Å². The number of carbonyl (C=O) groups is 1. The molecule has 0 bridgehead atoms. The minimum absolute atomic E-state index is 0.126. The Kier molecular flexibility index (Phi) is 3.89. The summed E-state index contributed by atoms with van der Waals surface area (Å²) in [6.45, 7) is 0. The lowest BCUT2D eigenvalue weighted by Crippen LogP contribution is -2.11. The molecule has 0 saturated carbocycles. The summed E-state index contributed by atoms with van der Waals surface area (Å²) in [5.41, 5.74) is 2.34. The maximum Gasteiger partial charge on any atom is 0.255 e. The number of H-pyrrole nitrogens is 1. The molecule has 0 unspecified atom stereocenters. The molecule has 1 amide bonds. The molecule has 1 heterocycles. The topological polar surface area (TPSA) is 57.8 Å². The number of aromatic nitrogens is 2. The standard InChI is InChI=1S/C15H11N3OS2/c19-13(10-4-2-1-3-5-10)16-12-8-6-11(7-9-12)14-17-18-15(20)21-14/h1-9H,(H,16,19)(H,18,20). The third-order valence-corrected chi connectivity index (χ3v) is 4.00.